The van der Waals surface area contributed by atoms with Crippen LogP contribution in [0.4, 0.5) is 5.69 Å². The number of anilines is 1. The van der Waals surface area contributed by atoms with Gasteiger partial charge in [0.2, 0.25) is 11.8 Å². The van der Waals surface area contributed by atoms with Gasteiger partial charge in [-0.05, 0) is 40.7 Å². The highest BCUT2D eigenvalue weighted by Gasteiger charge is 2.53. The Bertz CT molecular complexity index is 780. The lowest BCUT2D eigenvalue weighted by atomic mass is 9.59. The molecule has 2 rings (SSSR count). The number of hydrogen-bond donors (Lipinski definition) is 5. The van der Waals surface area contributed by atoms with Gasteiger partial charge >= 0.3 is 0 Å². The van der Waals surface area contributed by atoms with Crippen LogP contribution < -0.4 is 28.3 Å². The number of nitrogens with one attached hydrogen (secondary N) is 2. The molecule has 2 atom stereocenters. The number of hydrogen-bond acceptors (Lipinski definition) is 5. The molecule has 0 saturated carbocycles. The smallest absolute Gasteiger partial charge is 0.245 e. The summed E-state index contributed by atoms with van der Waals surface area (Å²) in [5, 5.41) is 0. The molecule has 7 nitrogen and oxygen atoms in total. The molecule has 1 aromatic rings. The molecule has 0 aliphatic heterocycles. The molecule has 1 aliphatic rings. The summed E-state index contributed by atoms with van der Waals surface area (Å²) in [6, 6.07) is 7.26. The number of hydrazine groups is 2. The average Bonchev–Trinajstić information content (AvgIpc) is 2.65. The molecule has 146 valence electrons. The first-order chi connectivity index (χ1) is 12.7. The van der Waals surface area contributed by atoms with E-state index < -0.39 is 23.1 Å². The third-order valence-electron chi connectivity index (χ3n) is 5.34. The number of nitrogens with two attached hydrogens (primary N) is 3. The summed E-state index contributed by atoms with van der Waals surface area (Å²) in [5.41, 5.74) is 12.3. The molecule has 0 radical (unpaired) electrons. The lowest BCUT2D eigenvalue weighted by molar-refractivity contribution is -0.139. The Morgan fingerprint density at radius 1 is 1.04 bits per heavy atom. The van der Waals surface area contributed by atoms with Crippen molar-refractivity contribution in [2.45, 2.75) is 27.7 Å². The van der Waals surface area contributed by atoms with Gasteiger partial charge in [-0.25, -0.2) is 11.7 Å². The zero-order valence-electron chi connectivity index (χ0n) is 16.2. The average molecular weight is 371 g/mol. The van der Waals surface area contributed by atoms with Crippen molar-refractivity contribution in [3.8, 4) is 0 Å². The van der Waals surface area contributed by atoms with E-state index >= 15 is 0 Å². The standard InChI is InChI=1S/C20H29N5O2/c1-11(2)15-9-10-20(12(3)4,19(27)25-23)17(18(26)24-22)16(15)13-5-7-14(21)8-6-13/h5-12,17H,21-23H2,1-4H3,(H,24,26)(H,25,27). The van der Waals surface area contributed by atoms with Gasteiger partial charge in [-0.1, -0.05) is 52.0 Å². The van der Waals surface area contributed by atoms with E-state index in [-0.39, 0.29) is 11.8 Å². The van der Waals surface area contributed by atoms with Gasteiger partial charge in [-0.15, -0.1) is 0 Å². The summed E-state index contributed by atoms with van der Waals surface area (Å²) < 4.78 is 0. The molecule has 0 heterocycles. The Morgan fingerprint density at radius 2 is 1.63 bits per heavy atom. The van der Waals surface area contributed by atoms with Crippen molar-refractivity contribution < 1.29 is 9.59 Å². The molecule has 0 bridgehead atoms. The second-order valence-electron chi connectivity index (χ2n) is 7.48. The van der Waals surface area contributed by atoms with Gasteiger partial charge in [0.05, 0.1) is 11.3 Å². The zero-order valence-corrected chi connectivity index (χ0v) is 16.2. The maximum Gasteiger partial charge on any atom is 0.245 e. The molecule has 8 N–H and O–H groups in total. The van der Waals surface area contributed by atoms with Crippen LogP contribution in [0.5, 0.6) is 0 Å². The van der Waals surface area contributed by atoms with Crippen molar-refractivity contribution in [3.05, 3.63) is 47.6 Å². The van der Waals surface area contributed by atoms with Crippen LogP contribution in [0, 0.1) is 23.2 Å². The van der Waals surface area contributed by atoms with Crippen molar-refractivity contribution in [3.63, 3.8) is 0 Å². The van der Waals surface area contributed by atoms with Crippen LogP contribution in [0.2, 0.25) is 0 Å². The zero-order chi connectivity index (χ0) is 20.4. The highest BCUT2D eigenvalue weighted by Crippen LogP contribution is 2.50. The molecule has 7 heteroatoms. The fraction of sp³-hybridized carbons (Fsp3) is 0.400. The summed E-state index contributed by atoms with van der Waals surface area (Å²) >= 11 is 0. The second kappa shape index (κ2) is 7.94. The van der Waals surface area contributed by atoms with Gasteiger partial charge in [0.1, 0.15) is 0 Å². The number of carbonyl (C=O) groups is 2. The molecule has 2 unspecified atom stereocenters. The summed E-state index contributed by atoms with van der Waals surface area (Å²) in [7, 11) is 0. The molecule has 27 heavy (non-hydrogen) atoms. The van der Waals surface area contributed by atoms with E-state index in [4.69, 9.17) is 17.4 Å². The Morgan fingerprint density at radius 3 is 2.07 bits per heavy atom. The Kier molecular flexibility index (Phi) is 6.08. The largest absolute Gasteiger partial charge is 0.399 e. The van der Waals surface area contributed by atoms with E-state index in [2.05, 4.69) is 10.9 Å². The minimum Gasteiger partial charge on any atom is -0.399 e. The predicted molar refractivity (Wildman–Crippen MR) is 107 cm³/mol. The minimum atomic E-state index is -1.17. The van der Waals surface area contributed by atoms with Crippen LogP contribution in [-0.4, -0.2) is 11.8 Å². The van der Waals surface area contributed by atoms with Crippen LogP contribution >= 0.6 is 0 Å². The molecular weight excluding hydrogens is 342 g/mol. The van der Waals surface area contributed by atoms with Gasteiger partial charge < -0.3 is 5.73 Å². The fourth-order valence-electron chi connectivity index (χ4n) is 3.87. The first-order valence-corrected chi connectivity index (χ1v) is 9.01. The van der Waals surface area contributed by atoms with Crippen molar-refractivity contribution >= 4 is 23.1 Å². The van der Waals surface area contributed by atoms with Crippen molar-refractivity contribution in [2.24, 2.45) is 34.9 Å². The number of allylic oxidation sites excluding steroid dienone is 2. The molecule has 0 fully saturated rings. The summed E-state index contributed by atoms with van der Waals surface area (Å²) in [6.07, 6.45) is 3.71. The van der Waals surface area contributed by atoms with E-state index in [1.165, 1.54) is 0 Å². The van der Waals surface area contributed by atoms with E-state index in [1.54, 1.807) is 18.2 Å². The first-order valence-electron chi connectivity index (χ1n) is 9.01. The molecular formula is C20H29N5O2. The van der Waals surface area contributed by atoms with Crippen LogP contribution in [0.1, 0.15) is 33.3 Å². The number of rotatable bonds is 5. The van der Waals surface area contributed by atoms with Crippen LogP contribution in [0.25, 0.3) is 5.57 Å². The Balaban J connectivity index is 2.85. The molecule has 0 saturated heterocycles. The highest BCUT2D eigenvalue weighted by atomic mass is 16.2. The van der Waals surface area contributed by atoms with E-state index in [9.17, 15) is 9.59 Å². The lowest BCUT2D eigenvalue weighted by Crippen LogP contribution is -2.56. The number of carbonyl (C=O) groups excluding carboxylic acids is 2. The Hall–Kier alpha value is -2.64. The summed E-state index contributed by atoms with van der Waals surface area (Å²) in [6.45, 7) is 7.86. The fourth-order valence-corrected chi connectivity index (χ4v) is 3.87. The van der Waals surface area contributed by atoms with Gasteiger partial charge in [-0.2, -0.15) is 0 Å². The van der Waals surface area contributed by atoms with Crippen molar-refractivity contribution in [2.75, 3.05) is 5.73 Å². The third-order valence-corrected chi connectivity index (χ3v) is 5.34. The van der Waals surface area contributed by atoms with E-state index in [0.717, 1.165) is 16.7 Å². The number of benzene rings is 1. The monoisotopic (exact) mass is 371 g/mol. The summed E-state index contributed by atoms with van der Waals surface area (Å²) in [4.78, 5) is 25.9. The van der Waals surface area contributed by atoms with Crippen molar-refractivity contribution in [1.82, 2.24) is 10.9 Å². The molecule has 2 amide bonds. The van der Waals surface area contributed by atoms with Gasteiger partial charge in [0.15, 0.2) is 0 Å². The maximum atomic E-state index is 13.0. The van der Waals surface area contributed by atoms with Gasteiger partial charge in [0, 0.05) is 5.69 Å². The van der Waals surface area contributed by atoms with Gasteiger partial charge in [0.25, 0.3) is 0 Å². The van der Waals surface area contributed by atoms with Crippen molar-refractivity contribution in [1.29, 1.82) is 0 Å². The minimum absolute atomic E-state index is 0.132. The first kappa shape index (κ1) is 20.7. The van der Waals surface area contributed by atoms with Crippen LogP contribution in [0.15, 0.2) is 42.0 Å². The van der Waals surface area contributed by atoms with E-state index in [1.807, 2.05) is 45.9 Å². The van der Waals surface area contributed by atoms with E-state index in [0.29, 0.717) is 5.69 Å². The van der Waals surface area contributed by atoms with Crippen LogP contribution in [-0.2, 0) is 9.59 Å². The maximum absolute atomic E-state index is 13.0. The molecule has 0 aromatic heterocycles. The molecule has 1 aromatic carbocycles. The van der Waals surface area contributed by atoms with Gasteiger partial charge in [-0.3, -0.25) is 20.4 Å². The second-order valence-corrected chi connectivity index (χ2v) is 7.48. The third kappa shape index (κ3) is 3.48. The topological polar surface area (TPSA) is 136 Å². The summed E-state index contributed by atoms with van der Waals surface area (Å²) in [5.74, 6) is 9.23. The number of amides is 2. The molecule has 0 spiro atoms. The predicted octanol–water partition coefficient (Wildman–Crippen LogP) is 1.49. The Labute approximate surface area is 160 Å². The number of nitrogen functional groups attached to an aromatic ring is 1. The normalized spacial score (nSPS) is 22.3. The quantitative estimate of drug-likeness (QED) is 0.231. The SMILES string of the molecule is CC(C)C1=C(c2ccc(N)cc2)C(C(=O)NN)C(C(=O)NN)(C(C)C)C=C1. The van der Waals surface area contributed by atoms with Crippen LogP contribution in [0.3, 0.4) is 0 Å². The lowest BCUT2D eigenvalue weighted by Gasteiger charge is -2.43. The highest BCUT2D eigenvalue weighted by molar-refractivity contribution is 6.02. The molecule has 1 aliphatic carbocycles.